The summed E-state index contributed by atoms with van der Waals surface area (Å²) >= 11 is 0. The van der Waals surface area contributed by atoms with Crippen LogP contribution in [-0.4, -0.2) is 17.7 Å². The molecule has 20 heavy (non-hydrogen) atoms. The van der Waals surface area contributed by atoms with Crippen molar-refractivity contribution in [2.24, 2.45) is 0 Å². The van der Waals surface area contributed by atoms with E-state index < -0.39 is 0 Å². The quantitative estimate of drug-likeness (QED) is 0.804. The Balaban J connectivity index is 1.82. The van der Waals surface area contributed by atoms with E-state index in [1.165, 1.54) is 0 Å². The maximum atomic E-state index is 11.1. The van der Waals surface area contributed by atoms with Crippen molar-refractivity contribution in [1.29, 1.82) is 0 Å². The summed E-state index contributed by atoms with van der Waals surface area (Å²) in [6.45, 7) is 0.361. The number of hydrogen-bond donors (Lipinski definition) is 1. The highest BCUT2D eigenvalue weighted by molar-refractivity contribution is 5.70. The van der Waals surface area contributed by atoms with Crippen LogP contribution in [0.1, 0.15) is 22.7 Å². The van der Waals surface area contributed by atoms with E-state index >= 15 is 0 Å². The van der Waals surface area contributed by atoms with Gasteiger partial charge in [-0.3, -0.25) is 4.98 Å². The second kappa shape index (κ2) is 5.45. The second-order valence-electron chi connectivity index (χ2n) is 4.41. The molecule has 4 heteroatoms. The van der Waals surface area contributed by atoms with Crippen molar-refractivity contribution in [2.45, 2.75) is 6.04 Å². The molecule has 0 unspecified atom stereocenters. The molecule has 0 radical (unpaired) electrons. The van der Waals surface area contributed by atoms with E-state index in [0.29, 0.717) is 6.61 Å². The van der Waals surface area contributed by atoms with E-state index in [4.69, 9.17) is 4.74 Å². The molecule has 2 aromatic rings. The van der Waals surface area contributed by atoms with Crippen LogP contribution in [0.4, 0.5) is 4.79 Å². The Morgan fingerprint density at radius 2 is 1.95 bits per heavy atom. The molecule has 2 heterocycles. The molecule has 1 amide bonds. The summed E-state index contributed by atoms with van der Waals surface area (Å²) in [7, 11) is 0. The number of ether oxygens (including phenoxy) is 1. The Bertz CT molecular complexity index is 686. The van der Waals surface area contributed by atoms with Crippen molar-refractivity contribution in [3.8, 4) is 11.8 Å². The summed E-state index contributed by atoms with van der Waals surface area (Å²) in [6, 6.07) is 11.4. The highest BCUT2D eigenvalue weighted by Crippen LogP contribution is 2.18. The molecule has 1 saturated heterocycles. The van der Waals surface area contributed by atoms with E-state index in [-0.39, 0.29) is 12.1 Å². The third-order valence-electron chi connectivity index (χ3n) is 2.99. The zero-order valence-corrected chi connectivity index (χ0v) is 10.7. The first-order valence-corrected chi connectivity index (χ1v) is 6.26. The van der Waals surface area contributed by atoms with E-state index in [1.807, 2.05) is 36.4 Å². The van der Waals surface area contributed by atoms with Gasteiger partial charge in [0.1, 0.15) is 6.61 Å². The molecule has 1 fully saturated rings. The molecule has 1 atom stereocenters. The SMILES string of the molecule is O=C1N[C@H](c2cccc(C#Cc3ccncc3)c2)CO1. The Morgan fingerprint density at radius 1 is 1.15 bits per heavy atom. The number of cyclic esters (lactones) is 1. The fourth-order valence-corrected chi connectivity index (χ4v) is 1.98. The van der Waals surface area contributed by atoms with Gasteiger partial charge in [-0.05, 0) is 29.8 Å². The van der Waals surface area contributed by atoms with Crippen LogP contribution in [0.5, 0.6) is 0 Å². The molecule has 1 aliphatic rings. The summed E-state index contributed by atoms with van der Waals surface area (Å²) in [5.74, 6) is 6.18. The fourth-order valence-electron chi connectivity index (χ4n) is 1.98. The van der Waals surface area contributed by atoms with Crippen molar-refractivity contribution in [1.82, 2.24) is 10.3 Å². The third kappa shape index (κ3) is 2.78. The number of nitrogens with one attached hydrogen (secondary N) is 1. The number of aromatic nitrogens is 1. The summed E-state index contributed by atoms with van der Waals surface area (Å²) in [6.07, 6.45) is 3.06. The molecular weight excluding hydrogens is 252 g/mol. The molecule has 0 spiro atoms. The maximum Gasteiger partial charge on any atom is 0.407 e. The lowest BCUT2D eigenvalue weighted by Gasteiger charge is -2.07. The predicted octanol–water partition coefficient (Wildman–Crippen LogP) is 2.26. The zero-order chi connectivity index (χ0) is 13.8. The largest absolute Gasteiger partial charge is 0.447 e. The van der Waals surface area contributed by atoms with Crippen LogP contribution in [0, 0.1) is 11.8 Å². The monoisotopic (exact) mass is 264 g/mol. The number of rotatable bonds is 1. The first-order chi connectivity index (χ1) is 9.81. The fraction of sp³-hybridized carbons (Fsp3) is 0.125. The number of pyridine rings is 1. The van der Waals surface area contributed by atoms with Gasteiger partial charge in [0, 0.05) is 23.5 Å². The van der Waals surface area contributed by atoms with E-state index in [9.17, 15) is 4.79 Å². The van der Waals surface area contributed by atoms with E-state index in [2.05, 4.69) is 22.1 Å². The maximum absolute atomic E-state index is 11.1. The summed E-state index contributed by atoms with van der Waals surface area (Å²) in [4.78, 5) is 15.0. The van der Waals surface area contributed by atoms with Crippen molar-refractivity contribution >= 4 is 6.09 Å². The number of alkyl carbamates (subject to hydrolysis) is 1. The van der Waals surface area contributed by atoms with Crippen molar-refractivity contribution < 1.29 is 9.53 Å². The van der Waals surface area contributed by atoms with Crippen LogP contribution < -0.4 is 5.32 Å². The van der Waals surface area contributed by atoms with Crippen molar-refractivity contribution in [3.05, 3.63) is 65.5 Å². The molecule has 1 N–H and O–H groups in total. The topological polar surface area (TPSA) is 51.2 Å². The predicted molar refractivity (Wildman–Crippen MR) is 73.9 cm³/mol. The lowest BCUT2D eigenvalue weighted by molar-refractivity contribution is 0.177. The molecule has 1 aromatic heterocycles. The minimum atomic E-state index is -0.372. The van der Waals surface area contributed by atoms with Gasteiger partial charge in [0.15, 0.2) is 0 Å². The minimum Gasteiger partial charge on any atom is -0.447 e. The van der Waals surface area contributed by atoms with Gasteiger partial charge in [-0.15, -0.1) is 0 Å². The number of benzene rings is 1. The Labute approximate surface area is 116 Å². The first kappa shape index (κ1) is 12.2. The molecule has 4 nitrogen and oxygen atoms in total. The molecule has 1 aromatic carbocycles. The lowest BCUT2D eigenvalue weighted by atomic mass is 10.0. The van der Waals surface area contributed by atoms with Crippen LogP contribution in [0.3, 0.4) is 0 Å². The molecular formula is C16H12N2O2. The van der Waals surface area contributed by atoms with Gasteiger partial charge in [-0.1, -0.05) is 24.0 Å². The van der Waals surface area contributed by atoms with Crippen LogP contribution in [-0.2, 0) is 4.74 Å². The summed E-state index contributed by atoms with van der Waals surface area (Å²) in [5.41, 5.74) is 2.82. The van der Waals surface area contributed by atoms with Crippen LogP contribution in [0.15, 0.2) is 48.8 Å². The number of carbonyl (C=O) groups is 1. The standard InChI is InChI=1S/C16H12N2O2/c19-16-18-15(11-20-16)14-3-1-2-13(10-14)5-4-12-6-8-17-9-7-12/h1-3,6-10,15H,11H2,(H,18,19)/t15-/m0/s1. The second-order valence-corrected chi connectivity index (χ2v) is 4.41. The Hall–Kier alpha value is -2.80. The van der Waals surface area contributed by atoms with Gasteiger partial charge < -0.3 is 10.1 Å². The minimum absolute atomic E-state index is 0.0924. The molecule has 0 bridgehead atoms. The summed E-state index contributed by atoms with van der Waals surface area (Å²) in [5, 5.41) is 2.75. The zero-order valence-electron chi connectivity index (χ0n) is 10.7. The number of nitrogens with zero attached hydrogens (tertiary/aromatic N) is 1. The lowest BCUT2D eigenvalue weighted by Crippen LogP contribution is -2.18. The van der Waals surface area contributed by atoms with E-state index in [0.717, 1.165) is 16.7 Å². The normalized spacial score (nSPS) is 16.8. The molecule has 98 valence electrons. The van der Waals surface area contributed by atoms with Gasteiger partial charge in [-0.25, -0.2) is 4.79 Å². The van der Waals surface area contributed by atoms with Gasteiger partial charge in [0.25, 0.3) is 0 Å². The highest BCUT2D eigenvalue weighted by Gasteiger charge is 2.23. The average Bonchev–Trinajstić information content (AvgIpc) is 2.93. The molecule has 0 saturated carbocycles. The van der Waals surface area contributed by atoms with Crippen molar-refractivity contribution in [2.75, 3.05) is 6.61 Å². The van der Waals surface area contributed by atoms with E-state index in [1.54, 1.807) is 12.4 Å². The number of amides is 1. The van der Waals surface area contributed by atoms with Gasteiger partial charge in [-0.2, -0.15) is 0 Å². The Morgan fingerprint density at radius 3 is 2.70 bits per heavy atom. The number of carbonyl (C=O) groups excluding carboxylic acids is 1. The first-order valence-electron chi connectivity index (χ1n) is 6.26. The Kier molecular flexibility index (Phi) is 3.34. The van der Waals surface area contributed by atoms with Gasteiger partial charge in [0.2, 0.25) is 0 Å². The highest BCUT2D eigenvalue weighted by atomic mass is 16.6. The van der Waals surface area contributed by atoms with Crippen LogP contribution in [0.25, 0.3) is 0 Å². The van der Waals surface area contributed by atoms with Crippen LogP contribution >= 0.6 is 0 Å². The molecule has 0 aliphatic carbocycles. The average molecular weight is 264 g/mol. The smallest absolute Gasteiger partial charge is 0.407 e. The number of hydrogen-bond acceptors (Lipinski definition) is 3. The summed E-state index contributed by atoms with van der Waals surface area (Å²) < 4.78 is 4.90. The van der Waals surface area contributed by atoms with Crippen molar-refractivity contribution in [3.63, 3.8) is 0 Å². The molecule has 3 rings (SSSR count). The van der Waals surface area contributed by atoms with Crippen LogP contribution in [0.2, 0.25) is 0 Å². The van der Waals surface area contributed by atoms with Gasteiger partial charge >= 0.3 is 6.09 Å². The third-order valence-corrected chi connectivity index (χ3v) is 2.99. The van der Waals surface area contributed by atoms with Gasteiger partial charge in [0.05, 0.1) is 6.04 Å². The molecule has 1 aliphatic heterocycles.